The number of benzene rings is 1. The van der Waals surface area contributed by atoms with E-state index in [4.69, 9.17) is 9.15 Å². The van der Waals surface area contributed by atoms with E-state index in [0.717, 1.165) is 12.0 Å². The van der Waals surface area contributed by atoms with Crippen molar-refractivity contribution in [2.24, 2.45) is 4.99 Å². The van der Waals surface area contributed by atoms with Crippen LogP contribution in [0, 0.1) is 12.7 Å². The third-order valence-electron chi connectivity index (χ3n) is 3.73. The quantitative estimate of drug-likeness (QED) is 0.451. The molecule has 0 aliphatic heterocycles. The summed E-state index contributed by atoms with van der Waals surface area (Å²) >= 11 is 0. The van der Waals surface area contributed by atoms with Gasteiger partial charge in [-0.15, -0.1) is 0 Å². The fraction of sp³-hybridized carbons (Fsp3) is 0.368. The number of methoxy groups -OCH3 is 1. The van der Waals surface area contributed by atoms with Gasteiger partial charge in [0.25, 0.3) is 0 Å². The highest BCUT2D eigenvalue weighted by molar-refractivity contribution is 5.90. The van der Waals surface area contributed by atoms with Gasteiger partial charge in [-0.25, -0.2) is 14.2 Å². The minimum Gasteiger partial charge on any atom is -0.465 e. The van der Waals surface area contributed by atoms with Crippen LogP contribution in [-0.2, 0) is 17.7 Å². The Bertz CT molecular complexity index is 754. The number of aryl methyl sites for hydroxylation is 1. The van der Waals surface area contributed by atoms with Crippen LogP contribution in [0.1, 0.15) is 34.4 Å². The Balaban J connectivity index is 1.93. The zero-order chi connectivity index (χ0) is 18.9. The van der Waals surface area contributed by atoms with E-state index in [-0.39, 0.29) is 5.82 Å². The molecule has 0 saturated heterocycles. The summed E-state index contributed by atoms with van der Waals surface area (Å²) in [5, 5.41) is 6.37. The molecule has 1 heterocycles. The number of hydrogen-bond acceptors (Lipinski definition) is 4. The Morgan fingerprint density at radius 2 is 2.00 bits per heavy atom. The van der Waals surface area contributed by atoms with Gasteiger partial charge in [0.15, 0.2) is 5.96 Å². The maximum atomic E-state index is 12.9. The molecule has 0 atom stereocenters. The first kappa shape index (κ1) is 19.5. The van der Waals surface area contributed by atoms with Crippen LogP contribution in [0.5, 0.6) is 0 Å². The van der Waals surface area contributed by atoms with Crippen LogP contribution in [0.15, 0.2) is 39.7 Å². The molecule has 26 heavy (non-hydrogen) atoms. The molecule has 140 valence electrons. The number of esters is 1. The van der Waals surface area contributed by atoms with Crippen molar-refractivity contribution in [2.45, 2.75) is 26.8 Å². The van der Waals surface area contributed by atoms with Gasteiger partial charge in [0.2, 0.25) is 0 Å². The molecule has 0 radical (unpaired) electrons. The second kappa shape index (κ2) is 9.60. The Labute approximate surface area is 152 Å². The summed E-state index contributed by atoms with van der Waals surface area (Å²) in [6.45, 7) is 5.36. The molecule has 0 bridgehead atoms. The Kier molecular flexibility index (Phi) is 7.20. The van der Waals surface area contributed by atoms with E-state index in [1.807, 2.05) is 6.92 Å². The largest absolute Gasteiger partial charge is 0.465 e. The van der Waals surface area contributed by atoms with Crippen molar-refractivity contribution in [2.75, 3.05) is 20.2 Å². The first-order valence-electron chi connectivity index (χ1n) is 8.47. The Morgan fingerprint density at radius 3 is 2.65 bits per heavy atom. The number of nitrogens with zero attached hydrogens (tertiary/aromatic N) is 1. The van der Waals surface area contributed by atoms with Crippen LogP contribution >= 0.6 is 0 Å². The molecule has 1 aromatic heterocycles. The van der Waals surface area contributed by atoms with Crippen LogP contribution in [0.3, 0.4) is 0 Å². The zero-order valence-corrected chi connectivity index (χ0v) is 15.3. The van der Waals surface area contributed by atoms with Crippen molar-refractivity contribution >= 4 is 11.9 Å². The van der Waals surface area contributed by atoms with Crippen molar-refractivity contribution in [1.29, 1.82) is 0 Å². The molecular weight excluding hydrogens is 337 g/mol. The second-order valence-corrected chi connectivity index (χ2v) is 5.67. The SMILES string of the molecule is CCNC(=NCc1cc(C(=O)OC)c(C)o1)NCCc1ccc(F)cc1. The minimum atomic E-state index is -0.425. The number of rotatable bonds is 7. The highest BCUT2D eigenvalue weighted by Crippen LogP contribution is 2.16. The number of aliphatic imine (C=N–C) groups is 1. The number of carbonyl (C=O) groups excluding carboxylic acids is 1. The molecule has 7 heteroatoms. The maximum absolute atomic E-state index is 12.9. The lowest BCUT2D eigenvalue weighted by Crippen LogP contribution is -2.38. The first-order chi connectivity index (χ1) is 12.5. The monoisotopic (exact) mass is 361 g/mol. The molecule has 0 saturated carbocycles. The molecule has 0 spiro atoms. The predicted octanol–water partition coefficient (Wildman–Crippen LogP) is 2.81. The number of carbonyl (C=O) groups is 1. The Hall–Kier alpha value is -2.83. The highest BCUT2D eigenvalue weighted by atomic mass is 19.1. The molecule has 2 rings (SSSR count). The lowest BCUT2D eigenvalue weighted by atomic mass is 10.1. The molecule has 0 unspecified atom stereocenters. The zero-order valence-electron chi connectivity index (χ0n) is 15.3. The lowest BCUT2D eigenvalue weighted by molar-refractivity contribution is 0.0599. The average Bonchev–Trinajstić information content (AvgIpc) is 3.01. The number of halogens is 1. The topological polar surface area (TPSA) is 75.9 Å². The molecule has 0 aliphatic rings. The van der Waals surface area contributed by atoms with E-state index < -0.39 is 5.97 Å². The normalized spacial score (nSPS) is 11.3. The smallest absolute Gasteiger partial charge is 0.341 e. The van der Waals surface area contributed by atoms with Crippen molar-refractivity contribution in [3.8, 4) is 0 Å². The Morgan fingerprint density at radius 1 is 1.27 bits per heavy atom. The fourth-order valence-corrected chi connectivity index (χ4v) is 2.41. The van der Waals surface area contributed by atoms with Gasteiger partial charge in [-0.2, -0.15) is 0 Å². The number of ether oxygens (including phenoxy) is 1. The van der Waals surface area contributed by atoms with Crippen LogP contribution in [-0.4, -0.2) is 32.1 Å². The summed E-state index contributed by atoms with van der Waals surface area (Å²) in [5.41, 5.74) is 1.45. The van der Waals surface area contributed by atoms with Gasteiger partial charge in [-0.1, -0.05) is 12.1 Å². The first-order valence-corrected chi connectivity index (χ1v) is 8.47. The standard InChI is InChI=1S/C19H24FN3O3/c1-4-21-19(22-10-9-14-5-7-15(20)8-6-14)23-12-16-11-17(13(2)26-16)18(24)25-3/h5-8,11H,4,9-10,12H2,1-3H3,(H2,21,22,23). The molecule has 2 aromatic rings. The van der Waals surface area contributed by atoms with Crippen LogP contribution in [0.2, 0.25) is 0 Å². The maximum Gasteiger partial charge on any atom is 0.341 e. The summed E-state index contributed by atoms with van der Waals surface area (Å²) in [5.74, 6) is 1.07. The average molecular weight is 361 g/mol. The van der Waals surface area contributed by atoms with Gasteiger partial charge >= 0.3 is 5.97 Å². The number of nitrogens with one attached hydrogen (secondary N) is 2. The molecule has 0 aliphatic carbocycles. The predicted molar refractivity (Wildman–Crippen MR) is 97.7 cm³/mol. The third kappa shape index (κ3) is 5.61. The third-order valence-corrected chi connectivity index (χ3v) is 3.73. The molecular formula is C19H24FN3O3. The van der Waals surface area contributed by atoms with E-state index in [1.54, 1.807) is 25.1 Å². The van der Waals surface area contributed by atoms with Crippen molar-refractivity contribution in [3.05, 3.63) is 58.8 Å². The molecule has 0 amide bonds. The van der Waals surface area contributed by atoms with E-state index in [9.17, 15) is 9.18 Å². The van der Waals surface area contributed by atoms with Gasteiger partial charge in [0, 0.05) is 13.1 Å². The van der Waals surface area contributed by atoms with E-state index in [2.05, 4.69) is 15.6 Å². The minimum absolute atomic E-state index is 0.239. The summed E-state index contributed by atoms with van der Waals surface area (Å²) in [6, 6.07) is 8.08. The fourth-order valence-electron chi connectivity index (χ4n) is 2.41. The van der Waals surface area contributed by atoms with Crippen molar-refractivity contribution in [3.63, 3.8) is 0 Å². The number of guanidine groups is 1. The molecule has 6 nitrogen and oxygen atoms in total. The van der Waals surface area contributed by atoms with Crippen LogP contribution < -0.4 is 10.6 Å². The van der Waals surface area contributed by atoms with Gasteiger partial charge in [0.05, 0.1) is 7.11 Å². The van der Waals surface area contributed by atoms with Crippen LogP contribution in [0.25, 0.3) is 0 Å². The highest BCUT2D eigenvalue weighted by Gasteiger charge is 2.15. The van der Waals surface area contributed by atoms with E-state index in [1.165, 1.54) is 19.2 Å². The number of furan rings is 1. The van der Waals surface area contributed by atoms with Crippen molar-refractivity contribution < 1.29 is 18.3 Å². The summed E-state index contributed by atoms with van der Waals surface area (Å²) in [4.78, 5) is 16.1. The van der Waals surface area contributed by atoms with Crippen molar-refractivity contribution in [1.82, 2.24) is 10.6 Å². The van der Waals surface area contributed by atoms with Gasteiger partial charge < -0.3 is 19.8 Å². The molecule has 2 N–H and O–H groups in total. The van der Waals surface area contributed by atoms with Gasteiger partial charge in [-0.3, -0.25) is 0 Å². The van der Waals surface area contributed by atoms with Gasteiger partial charge in [-0.05, 0) is 44.0 Å². The second-order valence-electron chi connectivity index (χ2n) is 5.67. The summed E-state index contributed by atoms with van der Waals surface area (Å²) in [7, 11) is 1.33. The van der Waals surface area contributed by atoms with E-state index >= 15 is 0 Å². The summed E-state index contributed by atoms with van der Waals surface area (Å²) in [6.07, 6.45) is 0.747. The van der Waals surface area contributed by atoms with Gasteiger partial charge in [0.1, 0.15) is 29.4 Å². The number of hydrogen-bond donors (Lipinski definition) is 2. The lowest BCUT2D eigenvalue weighted by Gasteiger charge is -2.11. The molecule has 1 aromatic carbocycles. The van der Waals surface area contributed by atoms with E-state index in [0.29, 0.717) is 42.7 Å². The summed E-state index contributed by atoms with van der Waals surface area (Å²) < 4.78 is 23.2. The van der Waals surface area contributed by atoms with Crippen LogP contribution in [0.4, 0.5) is 4.39 Å². The molecule has 0 fully saturated rings.